The summed E-state index contributed by atoms with van der Waals surface area (Å²) in [6.07, 6.45) is 6.89. The van der Waals surface area contributed by atoms with Crippen molar-refractivity contribution in [1.29, 1.82) is 0 Å². The van der Waals surface area contributed by atoms with Gasteiger partial charge in [-0.3, -0.25) is 14.2 Å². The van der Waals surface area contributed by atoms with Gasteiger partial charge in [0, 0.05) is 18.6 Å². The van der Waals surface area contributed by atoms with Gasteiger partial charge in [0.05, 0.1) is 38.2 Å². The van der Waals surface area contributed by atoms with Crippen molar-refractivity contribution >= 4 is 11.6 Å². The minimum absolute atomic E-state index is 0.229. The van der Waals surface area contributed by atoms with Crippen molar-refractivity contribution in [2.75, 3.05) is 18.5 Å². The molecular weight excluding hydrogens is 410 g/mol. The topological polar surface area (TPSA) is 96.3 Å². The number of amides is 1. The van der Waals surface area contributed by atoms with Gasteiger partial charge in [0.15, 0.2) is 17.3 Å². The van der Waals surface area contributed by atoms with E-state index in [9.17, 15) is 4.79 Å². The Kier molecular flexibility index (Phi) is 6.54. The van der Waals surface area contributed by atoms with Crippen LogP contribution >= 0.6 is 0 Å². The Morgan fingerprint density at radius 1 is 1.03 bits per heavy atom. The van der Waals surface area contributed by atoms with Crippen LogP contribution < -0.4 is 14.8 Å². The zero-order valence-electron chi connectivity index (χ0n) is 18.0. The number of rotatable bonds is 10. The molecule has 0 atom stereocenters. The van der Waals surface area contributed by atoms with E-state index in [0.29, 0.717) is 43.5 Å². The van der Waals surface area contributed by atoms with Crippen LogP contribution in [-0.2, 0) is 13.1 Å². The summed E-state index contributed by atoms with van der Waals surface area (Å²) < 4.78 is 20.4. The number of anilines is 1. The molecule has 0 spiro atoms. The second-order valence-corrected chi connectivity index (χ2v) is 7.00. The van der Waals surface area contributed by atoms with Gasteiger partial charge in [0.1, 0.15) is 5.76 Å². The Hall–Kier alpha value is -4.01. The lowest BCUT2D eigenvalue weighted by Crippen LogP contribution is -2.10. The van der Waals surface area contributed by atoms with Crippen molar-refractivity contribution in [3.8, 4) is 11.5 Å². The van der Waals surface area contributed by atoms with Gasteiger partial charge in [0.2, 0.25) is 0 Å². The number of hydrogen-bond acceptors (Lipinski definition) is 6. The summed E-state index contributed by atoms with van der Waals surface area (Å²) in [5, 5.41) is 11.3. The van der Waals surface area contributed by atoms with Crippen molar-refractivity contribution in [3.05, 3.63) is 78.3 Å². The van der Waals surface area contributed by atoms with Gasteiger partial charge in [-0.25, -0.2) is 0 Å². The number of benzene rings is 1. The first-order valence-corrected chi connectivity index (χ1v) is 10.4. The molecule has 9 heteroatoms. The van der Waals surface area contributed by atoms with Crippen LogP contribution in [-0.4, -0.2) is 38.7 Å². The number of nitrogens with one attached hydrogen (secondary N) is 1. The van der Waals surface area contributed by atoms with E-state index in [1.807, 2.05) is 44.3 Å². The molecule has 0 fully saturated rings. The normalized spacial score (nSPS) is 10.8. The van der Waals surface area contributed by atoms with Crippen molar-refractivity contribution < 1.29 is 18.7 Å². The van der Waals surface area contributed by atoms with E-state index < -0.39 is 0 Å². The fourth-order valence-corrected chi connectivity index (χ4v) is 3.23. The maximum atomic E-state index is 12.5. The van der Waals surface area contributed by atoms with Crippen LogP contribution in [0.4, 0.5) is 5.69 Å². The standard InChI is InChI=1S/C23H25N5O4/c1-3-30-20-8-6-17(12-22(20)31-4-2)14-28-15-18(13-25-28)26-23(29)21-9-7-19(32-21)16-27-11-5-10-24-27/h5-13,15H,3-4,14,16H2,1-2H3,(H,26,29). The van der Waals surface area contributed by atoms with Gasteiger partial charge in [-0.2, -0.15) is 10.2 Å². The fraction of sp³-hybridized carbons (Fsp3) is 0.261. The number of furan rings is 1. The lowest BCUT2D eigenvalue weighted by molar-refractivity contribution is 0.0994. The highest BCUT2D eigenvalue weighted by Gasteiger charge is 2.13. The number of carbonyl (C=O) groups is 1. The molecule has 0 saturated heterocycles. The van der Waals surface area contributed by atoms with E-state index in [1.165, 1.54) is 0 Å². The Labute approximate surface area is 185 Å². The molecular formula is C23H25N5O4. The number of aromatic nitrogens is 4. The van der Waals surface area contributed by atoms with Gasteiger partial charge in [-0.15, -0.1) is 0 Å². The largest absolute Gasteiger partial charge is 0.490 e. The minimum Gasteiger partial charge on any atom is -0.490 e. The van der Waals surface area contributed by atoms with E-state index in [0.717, 1.165) is 11.3 Å². The molecule has 4 aromatic rings. The summed E-state index contributed by atoms with van der Waals surface area (Å²) in [5.74, 6) is 1.96. The maximum absolute atomic E-state index is 12.5. The average molecular weight is 435 g/mol. The van der Waals surface area contributed by atoms with Gasteiger partial charge >= 0.3 is 0 Å². The summed E-state index contributed by atoms with van der Waals surface area (Å²) in [7, 11) is 0. The molecule has 0 unspecified atom stereocenters. The summed E-state index contributed by atoms with van der Waals surface area (Å²) in [5.41, 5.74) is 1.59. The number of ether oxygens (including phenoxy) is 2. The van der Waals surface area contributed by atoms with Crippen LogP contribution in [0.1, 0.15) is 35.7 Å². The highest BCUT2D eigenvalue weighted by molar-refractivity contribution is 6.02. The molecule has 3 aromatic heterocycles. The third-order valence-electron chi connectivity index (χ3n) is 4.61. The van der Waals surface area contributed by atoms with Crippen molar-refractivity contribution in [2.24, 2.45) is 0 Å². The first-order chi connectivity index (χ1) is 15.6. The van der Waals surface area contributed by atoms with Crippen molar-refractivity contribution in [2.45, 2.75) is 26.9 Å². The Morgan fingerprint density at radius 3 is 2.66 bits per heavy atom. The molecule has 1 N–H and O–H groups in total. The molecule has 3 heterocycles. The molecule has 0 radical (unpaired) electrons. The van der Waals surface area contributed by atoms with Crippen LogP contribution in [0, 0.1) is 0 Å². The van der Waals surface area contributed by atoms with Gasteiger partial charge < -0.3 is 19.2 Å². The zero-order chi connectivity index (χ0) is 22.3. The molecule has 0 aliphatic carbocycles. The van der Waals surface area contributed by atoms with Crippen LogP contribution in [0.15, 0.2) is 65.6 Å². The highest BCUT2D eigenvalue weighted by Crippen LogP contribution is 2.29. The summed E-state index contributed by atoms with van der Waals surface area (Å²) in [4.78, 5) is 12.5. The van der Waals surface area contributed by atoms with Crippen LogP contribution in [0.25, 0.3) is 0 Å². The molecule has 32 heavy (non-hydrogen) atoms. The van der Waals surface area contributed by atoms with Gasteiger partial charge in [0.25, 0.3) is 5.91 Å². The summed E-state index contributed by atoms with van der Waals surface area (Å²) >= 11 is 0. The Morgan fingerprint density at radius 2 is 1.88 bits per heavy atom. The van der Waals surface area contributed by atoms with Gasteiger partial charge in [-0.05, 0) is 49.7 Å². The second-order valence-electron chi connectivity index (χ2n) is 7.00. The smallest absolute Gasteiger partial charge is 0.291 e. The third-order valence-corrected chi connectivity index (χ3v) is 4.61. The molecule has 0 aliphatic rings. The molecule has 166 valence electrons. The molecule has 9 nitrogen and oxygen atoms in total. The van der Waals surface area contributed by atoms with Gasteiger partial charge in [-0.1, -0.05) is 6.07 Å². The summed E-state index contributed by atoms with van der Waals surface area (Å²) in [6.45, 7) is 5.98. The first kappa shape index (κ1) is 21.2. The lowest BCUT2D eigenvalue weighted by Gasteiger charge is -2.12. The predicted molar refractivity (Wildman–Crippen MR) is 118 cm³/mol. The van der Waals surface area contributed by atoms with E-state index in [2.05, 4.69) is 15.5 Å². The van der Waals surface area contributed by atoms with E-state index in [-0.39, 0.29) is 11.7 Å². The molecule has 0 bridgehead atoms. The zero-order valence-corrected chi connectivity index (χ0v) is 18.0. The monoisotopic (exact) mass is 435 g/mol. The molecule has 4 rings (SSSR count). The summed E-state index contributed by atoms with van der Waals surface area (Å²) in [6, 6.07) is 11.1. The van der Waals surface area contributed by atoms with Crippen molar-refractivity contribution in [3.63, 3.8) is 0 Å². The Bertz CT molecular complexity index is 1160. The number of nitrogens with zero attached hydrogens (tertiary/aromatic N) is 4. The molecule has 1 amide bonds. The highest BCUT2D eigenvalue weighted by atomic mass is 16.5. The average Bonchev–Trinajstić information content (AvgIpc) is 3.54. The van der Waals surface area contributed by atoms with E-state index >= 15 is 0 Å². The number of hydrogen-bond donors (Lipinski definition) is 1. The quantitative estimate of drug-likeness (QED) is 0.407. The van der Waals surface area contributed by atoms with Crippen molar-refractivity contribution in [1.82, 2.24) is 19.6 Å². The fourth-order valence-electron chi connectivity index (χ4n) is 3.23. The first-order valence-electron chi connectivity index (χ1n) is 10.4. The van der Waals surface area contributed by atoms with Crippen LogP contribution in [0.3, 0.4) is 0 Å². The second kappa shape index (κ2) is 9.86. The lowest BCUT2D eigenvalue weighted by atomic mass is 10.2. The minimum atomic E-state index is -0.337. The van der Waals surface area contributed by atoms with Crippen LogP contribution in [0.2, 0.25) is 0 Å². The van der Waals surface area contributed by atoms with Crippen LogP contribution in [0.5, 0.6) is 11.5 Å². The molecule has 1 aromatic carbocycles. The van der Waals surface area contributed by atoms with E-state index in [4.69, 9.17) is 13.9 Å². The maximum Gasteiger partial charge on any atom is 0.291 e. The van der Waals surface area contributed by atoms with E-state index in [1.54, 1.807) is 40.1 Å². The third kappa shape index (κ3) is 5.18. The Balaban J connectivity index is 1.38. The number of carbonyl (C=O) groups excluding carboxylic acids is 1. The molecule has 0 aliphatic heterocycles. The molecule has 0 saturated carbocycles. The predicted octanol–water partition coefficient (Wildman–Crippen LogP) is 3.82. The SMILES string of the molecule is CCOc1ccc(Cn2cc(NC(=O)c3ccc(Cn4cccn4)o3)cn2)cc1OCC.